The maximum atomic E-state index is 10.5. The highest BCUT2D eigenvalue weighted by atomic mass is 32.2. The number of non-ortho nitro benzene ring substituents is 1. The molecule has 0 heterocycles. The maximum absolute atomic E-state index is 10.5. The molecule has 0 aliphatic carbocycles. The Morgan fingerprint density at radius 1 is 1.41 bits per heavy atom. The van der Waals surface area contributed by atoms with Crippen molar-refractivity contribution in [3.05, 3.63) is 39.9 Å². The molecule has 1 N–H and O–H groups in total. The van der Waals surface area contributed by atoms with E-state index in [4.69, 9.17) is 0 Å². The first-order chi connectivity index (χ1) is 8.13. The summed E-state index contributed by atoms with van der Waals surface area (Å²) in [6.07, 6.45) is 2.10. The summed E-state index contributed by atoms with van der Waals surface area (Å²) >= 11 is 1.85. The fraction of sp³-hybridized carbons (Fsp3) is 0.500. The smallest absolute Gasteiger partial charge is 0.269 e. The minimum atomic E-state index is -0.377. The number of hydrogen-bond donors (Lipinski definition) is 1. The lowest BCUT2D eigenvalue weighted by atomic mass is 10.2. The van der Waals surface area contributed by atoms with Crippen molar-refractivity contribution in [3.8, 4) is 0 Å². The Bertz CT molecular complexity index is 354. The normalized spacial score (nSPS) is 12.4. The van der Waals surface area contributed by atoms with E-state index in [1.165, 1.54) is 0 Å². The number of nitrogens with zero attached hydrogens (tertiary/aromatic N) is 1. The number of nitrogens with one attached hydrogen (secondary N) is 1. The van der Waals surface area contributed by atoms with E-state index in [1.54, 1.807) is 24.3 Å². The Morgan fingerprint density at radius 2 is 2.06 bits per heavy atom. The Kier molecular flexibility index (Phi) is 6.00. The van der Waals surface area contributed by atoms with Gasteiger partial charge in [-0.2, -0.15) is 11.8 Å². The number of nitro groups is 1. The topological polar surface area (TPSA) is 55.2 Å². The van der Waals surface area contributed by atoms with Crippen molar-refractivity contribution in [3.63, 3.8) is 0 Å². The lowest BCUT2D eigenvalue weighted by Crippen LogP contribution is -2.21. The second-order valence-electron chi connectivity index (χ2n) is 4.11. The van der Waals surface area contributed by atoms with Gasteiger partial charge in [0.15, 0.2) is 0 Å². The molecule has 17 heavy (non-hydrogen) atoms. The predicted octanol–water partition coefficient (Wildman–Crippen LogP) is 2.68. The molecule has 0 fully saturated rings. The molecule has 94 valence electrons. The van der Waals surface area contributed by atoms with Crippen LogP contribution in [0.2, 0.25) is 0 Å². The van der Waals surface area contributed by atoms with Gasteiger partial charge in [-0.15, -0.1) is 0 Å². The van der Waals surface area contributed by atoms with Crippen LogP contribution in [-0.4, -0.2) is 23.5 Å². The van der Waals surface area contributed by atoms with Crippen LogP contribution in [0.1, 0.15) is 12.5 Å². The third-order valence-corrected chi connectivity index (χ3v) is 3.32. The number of nitro benzene ring substituents is 1. The number of hydrogen-bond acceptors (Lipinski definition) is 4. The van der Waals surface area contributed by atoms with Gasteiger partial charge in [-0.3, -0.25) is 10.1 Å². The van der Waals surface area contributed by atoms with Gasteiger partial charge in [-0.05, 0) is 30.0 Å². The standard InChI is InChI=1S/C12H18N2O2S/c1-10(9-17-2)7-13-8-11-3-5-12(6-4-11)14(15)16/h3-6,10,13H,7-9H2,1-2H3. The molecule has 0 spiro atoms. The van der Waals surface area contributed by atoms with Crippen molar-refractivity contribution in [2.24, 2.45) is 5.92 Å². The van der Waals surface area contributed by atoms with Gasteiger partial charge < -0.3 is 5.32 Å². The van der Waals surface area contributed by atoms with Crippen LogP contribution in [0.3, 0.4) is 0 Å². The van der Waals surface area contributed by atoms with Crippen LogP contribution in [0, 0.1) is 16.0 Å². The SMILES string of the molecule is CSCC(C)CNCc1ccc([N+](=O)[O-])cc1. The minimum absolute atomic E-state index is 0.143. The van der Waals surface area contributed by atoms with Crippen molar-refractivity contribution >= 4 is 17.4 Å². The van der Waals surface area contributed by atoms with E-state index in [1.807, 2.05) is 11.8 Å². The zero-order valence-corrected chi connectivity index (χ0v) is 11.0. The monoisotopic (exact) mass is 254 g/mol. The highest BCUT2D eigenvalue weighted by Gasteiger charge is 2.04. The first kappa shape index (κ1) is 14.0. The minimum Gasteiger partial charge on any atom is -0.312 e. The second kappa shape index (κ2) is 7.29. The first-order valence-corrected chi connectivity index (χ1v) is 6.96. The zero-order valence-electron chi connectivity index (χ0n) is 10.2. The van der Waals surface area contributed by atoms with Crippen LogP contribution in [0.4, 0.5) is 5.69 Å². The highest BCUT2D eigenvalue weighted by Crippen LogP contribution is 2.11. The molecule has 0 bridgehead atoms. The Balaban J connectivity index is 2.34. The van der Waals surface area contributed by atoms with Gasteiger partial charge in [-0.1, -0.05) is 19.1 Å². The van der Waals surface area contributed by atoms with E-state index in [2.05, 4.69) is 18.5 Å². The molecule has 1 atom stereocenters. The van der Waals surface area contributed by atoms with Gasteiger partial charge in [0, 0.05) is 18.7 Å². The maximum Gasteiger partial charge on any atom is 0.269 e. The Labute approximate surface area is 106 Å². The molecule has 1 unspecified atom stereocenters. The van der Waals surface area contributed by atoms with E-state index < -0.39 is 0 Å². The lowest BCUT2D eigenvalue weighted by molar-refractivity contribution is -0.384. The average molecular weight is 254 g/mol. The molecule has 1 aromatic rings. The third-order valence-electron chi connectivity index (χ3n) is 2.42. The van der Waals surface area contributed by atoms with Gasteiger partial charge in [0.1, 0.15) is 0 Å². The molecular weight excluding hydrogens is 236 g/mol. The van der Waals surface area contributed by atoms with Crippen molar-refractivity contribution in [1.82, 2.24) is 5.32 Å². The molecule has 0 saturated heterocycles. The first-order valence-electron chi connectivity index (χ1n) is 5.56. The average Bonchev–Trinajstić information content (AvgIpc) is 2.30. The molecule has 5 heteroatoms. The summed E-state index contributed by atoms with van der Waals surface area (Å²) in [6.45, 7) is 3.94. The molecule has 0 aliphatic rings. The predicted molar refractivity (Wildman–Crippen MR) is 72.3 cm³/mol. The van der Waals surface area contributed by atoms with Crippen LogP contribution in [0.15, 0.2) is 24.3 Å². The molecule has 0 amide bonds. The molecule has 1 aromatic carbocycles. The molecule has 0 aromatic heterocycles. The van der Waals surface area contributed by atoms with Gasteiger partial charge in [-0.25, -0.2) is 0 Å². The Morgan fingerprint density at radius 3 is 2.59 bits per heavy atom. The van der Waals surface area contributed by atoms with E-state index in [9.17, 15) is 10.1 Å². The number of benzene rings is 1. The summed E-state index contributed by atoms with van der Waals surface area (Å²) in [7, 11) is 0. The molecule has 0 aliphatic heterocycles. The summed E-state index contributed by atoms with van der Waals surface area (Å²) in [5, 5.41) is 13.8. The quantitative estimate of drug-likeness (QED) is 0.600. The van der Waals surface area contributed by atoms with Crippen molar-refractivity contribution < 1.29 is 4.92 Å². The van der Waals surface area contributed by atoms with Gasteiger partial charge in [0.2, 0.25) is 0 Å². The van der Waals surface area contributed by atoms with E-state index in [-0.39, 0.29) is 10.6 Å². The largest absolute Gasteiger partial charge is 0.312 e. The summed E-state index contributed by atoms with van der Waals surface area (Å²) in [5.41, 5.74) is 1.22. The summed E-state index contributed by atoms with van der Waals surface area (Å²) in [4.78, 5) is 10.1. The summed E-state index contributed by atoms with van der Waals surface area (Å²) in [5.74, 6) is 1.79. The molecule has 1 rings (SSSR count). The highest BCUT2D eigenvalue weighted by molar-refractivity contribution is 7.98. The fourth-order valence-electron chi connectivity index (χ4n) is 1.54. The van der Waals surface area contributed by atoms with Crippen LogP contribution in [0.5, 0.6) is 0 Å². The lowest BCUT2D eigenvalue weighted by Gasteiger charge is -2.10. The van der Waals surface area contributed by atoms with Crippen LogP contribution in [0.25, 0.3) is 0 Å². The summed E-state index contributed by atoms with van der Waals surface area (Å²) < 4.78 is 0. The van der Waals surface area contributed by atoms with Crippen molar-refractivity contribution in [2.45, 2.75) is 13.5 Å². The van der Waals surface area contributed by atoms with E-state index >= 15 is 0 Å². The van der Waals surface area contributed by atoms with E-state index in [0.717, 1.165) is 24.4 Å². The zero-order chi connectivity index (χ0) is 12.7. The van der Waals surface area contributed by atoms with Gasteiger partial charge in [0.25, 0.3) is 5.69 Å². The fourth-order valence-corrected chi connectivity index (χ4v) is 2.23. The second-order valence-corrected chi connectivity index (χ2v) is 5.03. The third kappa shape index (κ3) is 5.19. The summed E-state index contributed by atoms with van der Waals surface area (Å²) in [6, 6.07) is 6.68. The van der Waals surface area contributed by atoms with E-state index in [0.29, 0.717) is 5.92 Å². The molecule has 0 radical (unpaired) electrons. The number of rotatable bonds is 7. The van der Waals surface area contributed by atoms with Gasteiger partial charge in [0.05, 0.1) is 4.92 Å². The van der Waals surface area contributed by atoms with Crippen LogP contribution in [-0.2, 0) is 6.54 Å². The van der Waals surface area contributed by atoms with Crippen LogP contribution < -0.4 is 5.32 Å². The van der Waals surface area contributed by atoms with Crippen molar-refractivity contribution in [1.29, 1.82) is 0 Å². The van der Waals surface area contributed by atoms with Gasteiger partial charge >= 0.3 is 0 Å². The molecule has 4 nitrogen and oxygen atoms in total. The van der Waals surface area contributed by atoms with Crippen molar-refractivity contribution in [2.75, 3.05) is 18.6 Å². The van der Waals surface area contributed by atoms with Crippen LogP contribution >= 0.6 is 11.8 Å². The molecular formula is C12H18N2O2S. The molecule has 0 saturated carbocycles. The number of thioether (sulfide) groups is 1. The Hall–Kier alpha value is -1.07.